The Morgan fingerprint density at radius 2 is 2.05 bits per heavy atom. The van der Waals surface area contributed by atoms with Gasteiger partial charge in [0.1, 0.15) is 11.6 Å². The van der Waals surface area contributed by atoms with E-state index in [2.05, 4.69) is 34.9 Å². The lowest BCUT2D eigenvalue weighted by Gasteiger charge is -2.19. The van der Waals surface area contributed by atoms with Gasteiger partial charge in [0.2, 0.25) is 0 Å². The van der Waals surface area contributed by atoms with Crippen molar-refractivity contribution >= 4 is 0 Å². The van der Waals surface area contributed by atoms with Crippen molar-refractivity contribution in [1.29, 1.82) is 0 Å². The molecule has 21 heavy (non-hydrogen) atoms. The average Bonchev–Trinajstić information content (AvgIpc) is 2.96. The number of aryl methyl sites for hydroxylation is 1. The van der Waals surface area contributed by atoms with E-state index in [1.165, 1.54) is 0 Å². The molecule has 1 unspecified atom stereocenters. The predicted molar refractivity (Wildman–Crippen MR) is 85.5 cm³/mol. The molecule has 0 aliphatic carbocycles. The summed E-state index contributed by atoms with van der Waals surface area (Å²) < 4.78 is 8.04. The molecule has 0 aliphatic heterocycles. The molecule has 1 aromatic heterocycles. The summed E-state index contributed by atoms with van der Waals surface area (Å²) in [4.78, 5) is 4.52. The van der Waals surface area contributed by atoms with Gasteiger partial charge in [-0.15, -0.1) is 0 Å². The van der Waals surface area contributed by atoms with E-state index in [0.717, 1.165) is 37.5 Å². The number of ether oxygens (including phenoxy) is 1. The number of benzene rings is 1. The van der Waals surface area contributed by atoms with Gasteiger partial charge in [-0.2, -0.15) is 0 Å². The fourth-order valence-corrected chi connectivity index (χ4v) is 2.44. The van der Waals surface area contributed by atoms with Gasteiger partial charge in [0.25, 0.3) is 0 Å². The van der Waals surface area contributed by atoms with Crippen LogP contribution in [0.5, 0.6) is 5.75 Å². The first-order chi connectivity index (χ1) is 10.3. The number of nitrogens with zero attached hydrogens (tertiary/aromatic N) is 2. The second-order valence-corrected chi connectivity index (χ2v) is 5.04. The lowest BCUT2D eigenvalue weighted by atomic mass is 10.2. The SMILES string of the molecule is CCCn1ccnc1C(CCOc1ccccc1)NCC. The second-order valence-electron chi connectivity index (χ2n) is 5.04. The van der Waals surface area contributed by atoms with Crippen LogP contribution >= 0.6 is 0 Å². The number of rotatable bonds is 9. The first kappa shape index (κ1) is 15.6. The molecule has 0 fully saturated rings. The van der Waals surface area contributed by atoms with Crippen molar-refractivity contribution in [2.24, 2.45) is 0 Å². The molecule has 1 atom stereocenters. The molecule has 1 heterocycles. The number of nitrogens with one attached hydrogen (secondary N) is 1. The van der Waals surface area contributed by atoms with Gasteiger partial charge >= 0.3 is 0 Å². The summed E-state index contributed by atoms with van der Waals surface area (Å²) in [6.07, 6.45) is 5.96. The van der Waals surface area contributed by atoms with E-state index in [1.54, 1.807) is 0 Å². The van der Waals surface area contributed by atoms with Gasteiger partial charge < -0.3 is 14.6 Å². The average molecular weight is 287 g/mol. The zero-order valence-electron chi connectivity index (χ0n) is 13.0. The van der Waals surface area contributed by atoms with Gasteiger partial charge in [0.05, 0.1) is 12.6 Å². The topological polar surface area (TPSA) is 39.1 Å². The fraction of sp³-hybridized carbons (Fsp3) is 0.471. The Hall–Kier alpha value is -1.81. The van der Waals surface area contributed by atoms with Crippen molar-refractivity contribution in [3.63, 3.8) is 0 Å². The van der Waals surface area contributed by atoms with Crippen LogP contribution in [-0.4, -0.2) is 22.7 Å². The maximum absolute atomic E-state index is 5.80. The molecular formula is C17H25N3O. The largest absolute Gasteiger partial charge is 0.494 e. The third kappa shape index (κ3) is 4.60. The molecule has 0 radical (unpaired) electrons. The number of hydrogen-bond donors (Lipinski definition) is 1. The summed E-state index contributed by atoms with van der Waals surface area (Å²) in [7, 11) is 0. The Morgan fingerprint density at radius 3 is 2.76 bits per heavy atom. The van der Waals surface area contributed by atoms with Gasteiger partial charge in [-0.1, -0.05) is 32.0 Å². The second kappa shape index (κ2) is 8.47. The Morgan fingerprint density at radius 1 is 1.24 bits per heavy atom. The van der Waals surface area contributed by atoms with Crippen LogP contribution in [0.3, 0.4) is 0 Å². The summed E-state index contributed by atoms with van der Waals surface area (Å²) in [5, 5.41) is 3.51. The monoisotopic (exact) mass is 287 g/mol. The van der Waals surface area contributed by atoms with Crippen LogP contribution in [0, 0.1) is 0 Å². The van der Waals surface area contributed by atoms with Gasteiger partial charge in [-0.25, -0.2) is 4.98 Å². The van der Waals surface area contributed by atoms with Crippen LogP contribution in [-0.2, 0) is 6.54 Å². The number of imidazole rings is 1. The lowest BCUT2D eigenvalue weighted by Crippen LogP contribution is -2.26. The summed E-state index contributed by atoms with van der Waals surface area (Å²) in [5.74, 6) is 2.03. The maximum Gasteiger partial charge on any atom is 0.125 e. The van der Waals surface area contributed by atoms with E-state index < -0.39 is 0 Å². The van der Waals surface area contributed by atoms with Gasteiger partial charge in [-0.3, -0.25) is 0 Å². The highest BCUT2D eigenvalue weighted by atomic mass is 16.5. The van der Waals surface area contributed by atoms with Crippen molar-refractivity contribution in [3.05, 3.63) is 48.5 Å². The molecule has 2 aromatic rings. The van der Waals surface area contributed by atoms with Gasteiger partial charge in [0, 0.05) is 25.4 Å². The molecule has 2 rings (SSSR count). The van der Waals surface area contributed by atoms with Crippen molar-refractivity contribution in [2.45, 2.75) is 39.3 Å². The van der Waals surface area contributed by atoms with E-state index >= 15 is 0 Å². The molecule has 4 heteroatoms. The quantitative estimate of drug-likeness (QED) is 0.768. The molecule has 114 valence electrons. The third-order valence-electron chi connectivity index (χ3n) is 3.39. The summed E-state index contributed by atoms with van der Waals surface area (Å²) in [5.41, 5.74) is 0. The Labute approximate surface area is 127 Å². The van der Waals surface area contributed by atoms with Gasteiger partial charge in [-0.05, 0) is 25.1 Å². The molecule has 1 N–H and O–H groups in total. The minimum Gasteiger partial charge on any atom is -0.494 e. The van der Waals surface area contributed by atoms with Crippen molar-refractivity contribution in [2.75, 3.05) is 13.2 Å². The van der Waals surface area contributed by atoms with E-state index in [0.29, 0.717) is 6.61 Å². The first-order valence-corrected chi connectivity index (χ1v) is 7.77. The normalized spacial score (nSPS) is 12.3. The van der Waals surface area contributed by atoms with Crippen molar-refractivity contribution < 1.29 is 4.74 Å². The van der Waals surface area contributed by atoms with Crippen molar-refractivity contribution in [3.8, 4) is 5.75 Å². The zero-order valence-corrected chi connectivity index (χ0v) is 13.0. The molecule has 0 saturated heterocycles. The third-order valence-corrected chi connectivity index (χ3v) is 3.39. The summed E-state index contributed by atoms with van der Waals surface area (Å²) >= 11 is 0. The molecule has 0 aliphatic rings. The fourth-order valence-electron chi connectivity index (χ4n) is 2.44. The maximum atomic E-state index is 5.80. The molecule has 0 saturated carbocycles. The van der Waals surface area contributed by atoms with E-state index in [9.17, 15) is 0 Å². The number of hydrogen-bond acceptors (Lipinski definition) is 3. The lowest BCUT2D eigenvalue weighted by molar-refractivity contribution is 0.282. The zero-order chi connectivity index (χ0) is 14.9. The molecule has 0 spiro atoms. The summed E-state index contributed by atoms with van der Waals surface area (Å²) in [6, 6.07) is 10.2. The Bertz CT molecular complexity index is 510. The molecular weight excluding hydrogens is 262 g/mol. The number of aromatic nitrogens is 2. The highest BCUT2D eigenvalue weighted by Gasteiger charge is 2.15. The first-order valence-electron chi connectivity index (χ1n) is 7.77. The van der Waals surface area contributed by atoms with Crippen LogP contribution in [0.4, 0.5) is 0 Å². The predicted octanol–water partition coefficient (Wildman–Crippen LogP) is 3.41. The van der Waals surface area contributed by atoms with Crippen LogP contribution < -0.4 is 10.1 Å². The van der Waals surface area contributed by atoms with E-state index in [-0.39, 0.29) is 6.04 Å². The number of para-hydroxylation sites is 1. The smallest absolute Gasteiger partial charge is 0.125 e. The highest BCUT2D eigenvalue weighted by molar-refractivity contribution is 5.20. The molecule has 1 aromatic carbocycles. The van der Waals surface area contributed by atoms with Crippen LogP contribution in [0.1, 0.15) is 38.6 Å². The van der Waals surface area contributed by atoms with Crippen LogP contribution in [0.2, 0.25) is 0 Å². The molecule has 4 nitrogen and oxygen atoms in total. The Balaban J connectivity index is 1.94. The summed E-state index contributed by atoms with van der Waals surface area (Å²) in [6.45, 7) is 6.93. The standard InChI is InChI=1S/C17H25N3O/c1-3-12-20-13-11-19-17(20)16(18-4-2)10-14-21-15-8-6-5-7-9-15/h5-9,11,13,16,18H,3-4,10,12,14H2,1-2H3. The van der Waals surface area contributed by atoms with Crippen molar-refractivity contribution in [1.82, 2.24) is 14.9 Å². The van der Waals surface area contributed by atoms with Gasteiger partial charge in [0.15, 0.2) is 0 Å². The Kier molecular flexibility index (Phi) is 6.28. The highest BCUT2D eigenvalue weighted by Crippen LogP contribution is 2.17. The molecule has 0 bridgehead atoms. The minimum absolute atomic E-state index is 0.236. The molecule has 0 amide bonds. The van der Waals surface area contributed by atoms with Crippen LogP contribution in [0.15, 0.2) is 42.7 Å². The van der Waals surface area contributed by atoms with Crippen LogP contribution in [0.25, 0.3) is 0 Å². The van der Waals surface area contributed by atoms with E-state index in [4.69, 9.17) is 4.74 Å². The minimum atomic E-state index is 0.236. The van der Waals surface area contributed by atoms with E-state index in [1.807, 2.05) is 36.5 Å².